The number of hydrogen-bond acceptors (Lipinski definition) is 3. The van der Waals surface area contributed by atoms with Crippen LogP contribution in [0.4, 0.5) is 0 Å². The van der Waals surface area contributed by atoms with Crippen LogP contribution < -0.4 is 5.32 Å². The molecule has 0 radical (unpaired) electrons. The normalized spacial score (nSPS) is 20.6. The van der Waals surface area contributed by atoms with Crippen molar-refractivity contribution in [2.75, 3.05) is 19.3 Å². The van der Waals surface area contributed by atoms with Gasteiger partial charge in [-0.1, -0.05) is 24.6 Å². The summed E-state index contributed by atoms with van der Waals surface area (Å²) in [5, 5.41) is 2.83. The second kappa shape index (κ2) is 6.37. The molecule has 20 heavy (non-hydrogen) atoms. The molecule has 1 fully saturated rings. The van der Waals surface area contributed by atoms with Crippen LogP contribution in [-0.4, -0.2) is 44.0 Å². The predicted octanol–water partition coefficient (Wildman–Crippen LogP) is 1.23. The molecule has 1 aromatic rings. The number of hydrogen-bond donors (Lipinski definition) is 1. The SMILES string of the molecule is CS(=O)(=O)N1CCCCC1CNC(=O)c1ccccc1. The molecular formula is C14H20N2O3S. The van der Waals surface area contributed by atoms with Gasteiger partial charge in [0.05, 0.1) is 6.26 Å². The molecule has 1 heterocycles. The minimum atomic E-state index is -3.21. The molecule has 1 amide bonds. The highest BCUT2D eigenvalue weighted by molar-refractivity contribution is 7.88. The molecule has 1 atom stereocenters. The fraction of sp³-hybridized carbons (Fsp3) is 0.500. The number of rotatable bonds is 4. The zero-order valence-electron chi connectivity index (χ0n) is 11.6. The molecule has 1 aromatic carbocycles. The Balaban J connectivity index is 1.97. The second-order valence-electron chi connectivity index (χ2n) is 5.10. The van der Waals surface area contributed by atoms with Crippen molar-refractivity contribution >= 4 is 15.9 Å². The monoisotopic (exact) mass is 296 g/mol. The Morgan fingerprint density at radius 2 is 2.00 bits per heavy atom. The van der Waals surface area contributed by atoms with Crippen LogP contribution in [0.3, 0.4) is 0 Å². The third kappa shape index (κ3) is 3.80. The molecule has 1 aliphatic heterocycles. The molecule has 2 rings (SSSR count). The molecule has 1 N–H and O–H groups in total. The van der Waals surface area contributed by atoms with Gasteiger partial charge in [-0.15, -0.1) is 0 Å². The first-order valence-electron chi connectivity index (χ1n) is 6.78. The van der Waals surface area contributed by atoms with Gasteiger partial charge in [-0.2, -0.15) is 4.31 Å². The summed E-state index contributed by atoms with van der Waals surface area (Å²) >= 11 is 0. The lowest BCUT2D eigenvalue weighted by Gasteiger charge is -2.33. The first-order chi connectivity index (χ1) is 9.48. The van der Waals surface area contributed by atoms with Gasteiger partial charge in [0.15, 0.2) is 0 Å². The zero-order chi connectivity index (χ0) is 14.6. The van der Waals surface area contributed by atoms with Crippen LogP contribution in [-0.2, 0) is 10.0 Å². The van der Waals surface area contributed by atoms with Crippen molar-refractivity contribution < 1.29 is 13.2 Å². The Hall–Kier alpha value is -1.40. The molecule has 6 heteroatoms. The number of carbonyl (C=O) groups is 1. The van der Waals surface area contributed by atoms with E-state index in [1.807, 2.05) is 6.07 Å². The molecule has 0 spiro atoms. The third-order valence-corrected chi connectivity index (χ3v) is 4.87. The topological polar surface area (TPSA) is 66.5 Å². The van der Waals surface area contributed by atoms with E-state index in [9.17, 15) is 13.2 Å². The van der Waals surface area contributed by atoms with Crippen molar-refractivity contribution in [1.82, 2.24) is 9.62 Å². The lowest BCUT2D eigenvalue weighted by molar-refractivity contribution is 0.0939. The van der Waals surface area contributed by atoms with E-state index in [0.717, 1.165) is 19.3 Å². The van der Waals surface area contributed by atoms with Crippen LogP contribution >= 0.6 is 0 Å². The van der Waals surface area contributed by atoms with E-state index in [2.05, 4.69) is 5.32 Å². The van der Waals surface area contributed by atoms with Crippen LogP contribution in [0.25, 0.3) is 0 Å². The summed E-state index contributed by atoms with van der Waals surface area (Å²) in [4.78, 5) is 12.0. The van der Waals surface area contributed by atoms with E-state index < -0.39 is 10.0 Å². The molecule has 1 saturated heterocycles. The molecule has 0 aliphatic carbocycles. The maximum atomic E-state index is 12.0. The molecule has 0 bridgehead atoms. The van der Waals surface area contributed by atoms with Crippen molar-refractivity contribution in [3.8, 4) is 0 Å². The van der Waals surface area contributed by atoms with Crippen LogP contribution in [0.15, 0.2) is 30.3 Å². The second-order valence-corrected chi connectivity index (χ2v) is 7.03. The van der Waals surface area contributed by atoms with Crippen LogP contribution in [0.2, 0.25) is 0 Å². The van der Waals surface area contributed by atoms with Crippen molar-refractivity contribution in [2.45, 2.75) is 25.3 Å². The predicted molar refractivity (Wildman–Crippen MR) is 78.0 cm³/mol. The number of piperidine rings is 1. The summed E-state index contributed by atoms with van der Waals surface area (Å²) in [6, 6.07) is 8.81. The molecular weight excluding hydrogens is 276 g/mol. The van der Waals surface area contributed by atoms with Gasteiger partial charge in [0.2, 0.25) is 10.0 Å². The Kier molecular flexibility index (Phi) is 4.77. The molecule has 0 aromatic heterocycles. The van der Waals surface area contributed by atoms with Crippen molar-refractivity contribution in [1.29, 1.82) is 0 Å². The average Bonchev–Trinajstić information content (AvgIpc) is 2.45. The highest BCUT2D eigenvalue weighted by atomic mass is 32.2. The smallest absolute Gasteiger partial charge is 0.251 e. The highest BCUT2D eigenvalue weighted by Crippen LogP contribution is 2.19. The van der Waals surface area contributed by atoms with Crippen LogP contribution in [0, 0.1) is 0 Å². The Bertz CT molecular complexity index is 557. The largest absolute Gasteiger partial charge is 0.350 e. The van der Waals surface area contributed by atoms with Gasteiger partial charge >= 0.3 is 0 Å². The quantitative estimate of drug-likeness (QED) is 0.909. The molecule has 110 valence electrons. The number of nitrogens with zero attached hydrogens (tertiary/aromatic N) is 1. The first kappa shape index (κ1) is 15.0. The number of carbonyl (C=O) groups excluding carboxylic acids is 1. The van der Waals surface area contributed by atoms with E-state index in [4.69, 9.17) is 0 Å². The molecule has 5 nitrogen and oxygen atoms in total. The van der Waals surface area contributed by atoms with E-state index in [-0.39, 0.29) is 11.9 Å². The van der Waals surface area contributed by atoms with Crippen molar-refractivity contribution in [3.63, 3.8) is 0 Å². The summed E-state index contributed by atoms with van der Waals surface area (Å²) in [5.74, 6) is -0.162. The minimum Gasteiger partial charge on any atom is -0.350 e. The Morgan fingerprint density at radius 1 is 1.30 bits per heavy atom. The van der Waals surface area contributed by atoms with Crippen LogP contribution in [0.5, 0.6) is 0 Å². The molecule has 1 aliphatic rings. The van der Waals surface area contributed by atoms with Gasteiger partial charge in [-0.05, 0) is 25.0 Å². The maximum Gasteiger partial charge on any atom is 0.251 e. The van der Waals surface area contributed by atoms with Gasteiger partial charge in [0.1, 0.15) is 0 Å². The minimum absolute atomic E-state index is 0.133. The number of sulfonamides is 1. The van der Waals surface area contributed by atoms with E-state index in [1.54, 1.807) is 24.3 Å². The van der Waals surface area contributed by atoms with Gasteiger partial charge in [-0.3, -0.25) is 4.79 Å². The summed E-state index contributed by atoms with van der Waals surface area (Å²) in [6.45, 7) is 0.908. The summed E-state index contributed by atoms with van der Waals surface area (Å²) in [7, 11) is -3.21. The molecule has 0 saturated carbocycles. The number of nitrogens with one attached hydrogen (secondary N) is 1. The fourth-order valence-corrected chi connectivity index (χ4v) is 3.70. The van der Waals surface area contributed by atoms with Gasteiger partial charge in [0.25, 0.3) is 5.91 Å². The Morgan fingerprint density at radius 3 is 2.65 bits per heavy atom. The van der Waals surface area contributed by atoms with Crippen molar-refractivity contribution in [3.05, 3.63) is 35.9 Å². The van der Waals surface area contributed by atoms with E-state index in [0.29, 0.717) is 18.7 Å². The van der Waals surface area contributed by atoms with Crippen molar-refractivity contribution in [2.24, 2.45) is 0 Å². The van der Waals surface area contributed by atoms with E-state index in [1.165, 1.54) is 10.6 Å². The summed E-state index contributed by atoms with van der Waals surface area (Å²) in [5.41, 5.74) is 0.592. The number of benzene rings is 1. The van der Waals surface area contributed by atoms with Gasteiger partial charge < -0.3 is 5.32 Å². The average molecular weight is 296 g/mol. The third-order valence-electron chi connectivity index (χ3n) is 3.53. The lowest BCUT2D eigenvalue weighted by Crippen LogP contribution is -2.48. The summed E-state index contributed by atoms with van der Waals surface area (Å²) in [6.07, 6.45) is 3.90. The maximum absolute atomic E-state index is 12.0. The number of amides is 1. The Labute approximate surface area is 120 Å². The van der Waals surface area contributed by atoms with Gasteiger partial charge in [0, 0.05) is 24.7 Å². The highest BCUT2D eigenvalue weighted by Gasteiger charge is 2.29. The zero-order valence-corrected chi connectivity index (χ0v) is 12.4. The van der Waals surface area contributed by atoms with Gasteiger partial charge in [-0.25, -0.2) is 8.42 Å². The first-order valence-corrected chi connectivity index (χ1v) is 8.63. The fourth-order valence-electron chi connectivity index (χ4n) is 2.52. The van der Waals surface area contributed by atoms with E-state index >= 15 is 0 Å². The standard InChI is InChI=1S/C14H20N2O3S/c1-20(18,19)16-10-6-5-9-13(16)11-15-14(17)12-7-3-2-4-8-12/h2-4,7-8,13H,5-6,9-11H2,1H3,(H,15,17). The van der Waals surface area contributed by atoms with Crippen LogP contribution in [0.1, 0.15) is 29.6 Å². The summed E-state index contributed by atoms with van der Waals surface area (Å²) < 4.78 is 25.0. The lowest BCUT2D eigenvalue weighted by atomic mass is 10.0. The molecule has 1 unspecified atom stereocenters.